The zero-order chi connectivity index (χ0) is 20.7. The Morgan fingerprint density at radius 2 is 1.86 bits per heavy atom. The highest BCUT2D eigenvalue weighted by molar-refractivity contribution is 7.90. The molecule has 0 saturated carbocycles. The largest absolute Gasteiger partial charge is 0.495 e. The van der Waals surface area contributed by atoms with Crippen molar-refractivity contribution in [3.8, 4) is 23.0 Å². The maximum atomic E-state index is 13.1. The Kier molecular flexibility index (Phi) is 5.02. The number of methoxy groups -OCH3 is 1. The Morgan fingerprint density at radius 1 is 1.14 bits per heavy atom. The molecule has 0 saturated heterocycles. The number of nitrogens with zero attached hydrogens (tertiary/aromatic N) is 5. The highest BCUT2D eigenvalue weighted by atomic mass is 35.5. The molecule has 0 aliphatic carbocycles. The van der Waals surface area contributed by atoms with E-state index in [1.54, 1.807) is 0 Å². The van der Waals surface area contributed by atoms with E-state index in [1.165, 1.54) is 31.4 Å². The monoisotopic (exact) mass is 433 g/mol. The van der Waals surface area contributed by atoms with E-state index in [2.05, 4.69) is 20.3 Å². The Labute approximate surface area is 161 Å². The molecule has 3 aromatic rings. The van der Waals surface area contributed by atoms with Gasteiger partial charge in [0.2, 0.25) is 0 Å². The minimum Gasteiger partial charge on any atom is -0.495 e. The molecular weight excluding hydrogens is 423 g/mol. The summed E-state index contributed by atoms with van der Waals surface area (Å²) in [6.45, 7) is 0. The van der Waals surface area contributed by atoms with Crippen molar-refractivity contribution in [3.63, 3.8) is 0 Å². The molecule has 0 aliphatic rings. The lowest BCUT2D eigenvalue weighted by molar-refractivity contribution is -0.144. The van der Waals surface area contributed by atoms with Crippen molar-refractivity contribution in [1.29, 1.82) is 0 Å². The maximum Gasteiger partial charge on any atom is 0.453 e. The van der Waals surface area contributed by atoms with Crippen LogP contribution in [0.5, 0.6) is 5.75 Å². The SMILES string of the molecule is COc1ccc(-c2nc(C(F)(F)F)nn2-c2ccc(S(C)(=O)=O)nn2)cc1Cl. The Morgan fingerprint density at radius 3 is 2.36 bits per heavy atom. The van der Waals surface area contributed by atoms with E-state index in [0.717, 1.165) is 17.0 Å². The van der Waals surface area contributed by atoms with Crippen molar-refractivity contribution >= 4 is 21.4 Å². The third-order valence-corrected chi connectivity index (χ3v) is 4.77. The smallest absolute Gasteiger partial charge is 0.453 e. The van der Waals surface area contributed by atoms with E-state index in [1.807, 2.05) is 0 Å². The summed E-state index contributed by atoms with van der Waals surface area (Å²) in [7, 11) is -2.23. The molecule has 28 heavy (non-hydrogen) atoms. The van der Waals surface area contributed by atoms with E-state index in [-0.39, 0.29) is 27.3 Å². The normalized spacial score (nSPS) is 12.2. The van der Waals surface area contributed by atoms with Crippen LogP contribution in [-0.2, 0) is 16.0 Å². The van der Waals surface area contributed by atoms with Crippen LogP contribution >= 0.6 is 11.6 Å². The molecule has 0 bridgehead atoms. The summed E-state index contributed by atoms with van der Waals surface area (Å²) in [6, 6.07) is 6.55. The van der Waals surface area contributed by atoms with Gasteiger partial charge in [-0.05, 0) is 30.3 Å². The van der Waals surface area contributed by atoms with Crippen LogP contribution in [0, 0.1) is 0 Å². The Hall–Kier alpha value is -2.73. The van der Waals surface area contributed by atoms with Crippen LogP contribution in [0.15, 0.2) is 35.4 Å². The first kappa shape index (κ1) is 20.0. The van der Waals surface area contributed by atoms with Gasteiger partial charge in [0.25, 0.3) is 5.82 Å². The number of aromatic nitrogens is 5. The van der Waals surface area contributed by atoms with E-state index in [9.17, 15) is 21.6 Å². The predicted octanol–water partition coefficient (Wildman–Crippen LogP) is 2.81. The van der Waals surface area contributed by atoms with Gasteiger partial charge in [0, 0.05) is 11.8 Å². The molecule has 0 atom stereocenters. The van der Waals surface area contributed by atoms with Gasteiger partial charge >= 0.3 is 6.18 Å². The number of benzene rings is 1. The summed E-state index contributed by atoms with van der Waals surface area (Å²) in [6.07, 6.45) is -3.88. The van der Waals surface area contributed by atoms with Crippen molar-refractivity contribution in [2.24, 2.45) is 0 Å². The molecule has 148 valence electrons. The van der Waals surface area contributed by atoms with Gasteiger partial charge < -0.3 is 4.74 Å². The lowest BCUT2D eigenvalue weighted by Crippen LogP contribution is -2.10. The summed E-state index contributed by atoms with van der Waals surface area (Å²) >= 11 is 6.05. The molecule has 3 rings (SSSR count). The number of alkyl halides is 3. The van der Waals surface area contributed by atoms with Crippen molar-refractivity contribution in [2.45, 2.75) is 11.2 Å². The summed E-state index contributed by atoms with van der Waals surface area (Å²) < 4.78 is 68.2. The van der Waals surface area contributed by atoms with Gasteiger partial charge in [-0.15, -0.1) is 15.3 Å². The molecule has 0 spiro atoms. The van der Waals surface area contributed by atoms with Gasteiger partial charge in [-0.3, -0.25) is 0 Å². The molecule has 8 nitrogen and oxygen atoms in total. The second-order valence-corrected chi connectivity index (χ2v) is 7.89. The molecule has 2 aromatic heterocycles. The first-order chi connectivity index (χ1) is 13.0. The number of halogens is 4. The van der Waals surface area contributed by atoms with Gasteiger partial charge in [-0.1, -0.05) is 11.6 Å². The van der Waals surface area contributed by atoms with Crippen LogP contribution in [0.1, 0.15) is 5.82 Å². The van der Waals surface area contributed by atoms with E-state index >= 15 is 0 Å². The first-order valence-electron chi connectivity index (χ1n) is 7.43. The fourth-order valence-corrected chi connectivity index (χ4v) is 2.97. The minimum absolute atomic E-state index is 0.154. The molecule has 1 aromatic carbocycles. The molecule has 0 amide bonds. The molecule has 2 heterocycles. The van der Waals surface area contributed by atoms with Gasteiger partial charge in [0.1, 0.15) is 5.75 Å². The average molecular weight is 434 g/mol. The zero-order valence-electron chi connectivity index (χ0n) is 14.3. The number of ether oxygens (including phenoxy) is 1. The minimum atomic E-state index is -4.81. The molecule has 13 heteroatoms. The van der Waals surface area contributed by atoms with Gasteiger partial charge in [0.15, 0.2) is 26.5 Å². The van der Waals surface area contributed by atoms with Gasteiger partial charge in [-0.25, -0.2) is 13.4 Å². The predicted molar refractivity (Wildman–Crippen MR) is 92.1 cm³/mol. The van der Waals surface area contributed by atoms with Gasteiger partial charge in [0.05, 0.1) is 12.1 Å². The summed E-state index contributed by atoms with van der Waals surface area (Å²) in [5, 5.41) is 10.5. The van der Waals surface area contributed by atoms with Crippen LogP contribution in [0.4, 0.5) is 13.2 Å². The molecule has 0 fully saturated rings. The number of rotatable bonds is 4. The van der Waals surface area contributed by atoms with Gasteiger partial charge in [-0.2, -0.15) is 17.9 Å². The highest BCUT2D eigenvalue weighted by Gasteiger charge is 2.37. The van der Waals surface area contributed by atoms with Crippen molar-refractivity contribution in [1.82, 2.24) is 25.0 Å². The second kappa shape index (κ2) is 7.02. The summed E-state index contributed by atoms with van der Waals surface area (Å²) in [4.78, 5) is 3.54. The van der Waals surface area contributed by atoms with E-state index in [0.29, 0.717) is 5.75 Å². The number of sulfone groups is 1. The number of hydrogen-bond acceptors (Lipinski definition) is 7. The zero-order valence-corrected chi connectivity index (χ0v) is 15.8. The van der Waals surface area contributed by atoms with Crippen molar-refractivity contribution < 1.29 is 26.3 Å². The van der Waals surface area contributed by atoms with Crippen molar-refractivity contribution in [2.75, 3.05) is 13.4 Å². The highest BCUT2D eigenvalue weighted by Crippen LogP contribution is 2.33. The Bertz CT molecular complexity index is 1130. The van der Waals surface area contributed by atoms with E-state index < -0.39 is 21.8 Å². The summed E-state index contributed by atoms with van der Waals surface area (Å²) in [5.41, 5.74) is 0.211. The van der Waals surface area contributed by atoms with Crippen LogP contribution in [0.2, 0.25) is 5.02 Å². The standard InChI is InChI=1S/C15H11ClF3N5O3S/c1-27-10-4-3-8(7-9(10)16)13-20-14(15(17,18)19)23-24(13)11-5-6-12(22-21-11)28(2,25)26/h3-7H,1-2H3. The first-order valence-corrected chi connectivity index (χ1v) is 9.70. The van der Waals surface area contributed by atoms with E-state index in [4.69, 9.17) is 16.3 Å². The third kappa shape index (κ3) is 3.92. The second-order valence-electron chi connectivity index (χ2n) is 5.52. The van der Waals surface area contributed by atoms with Crippen molar-refractivity contribution in [3.05, 3.63) is 41.2 Å². The van der Waals surface area contributed by atoms with Crippen LogP contribution in [0.3, 0.4) is 0 Å². The Balaban J connectivity index is 2.18. The summed E-state index contributed by atoms with van der Waals surface area (Å²) in [5.74, 6) is -1.44. The van der Waals surface area contributed by atoms with Crippen LogP contribution < -0.4 is 4.74 Å². The lowest BCUT2D eigenvalue weighted by Gasteiger charge is -2.07. The number of hydrogen-bond donors (Lipinski definition) is 0. The molecule has 0 unspecified atom stereocenters. The topological polar surface area (TPSA) is 99.9 Å². The molecule has 0 N–H and O–H groups in total. The molecular formula is C15H11ClF3N5O3S. The molecule has 0 radical (unpaired) electrons. The van der Waals surface area contributed by atoms with Crippen LogP contribution in [0.25, 0.3) is 17.2 Å². The quantitative estimate of drug-likeness (QED) is 0.623. The fourth-order valence-electron chi connectivity index (χ4n) is 2.21. The third-order valence-electron chi connectivity index (χ3n) is 3.49. The maximum absolute atomic E-state index is 13.1. The fraction of sp³-hybridized carbons (Fsp3) is 0.200. The van der Waals surface area contributed by atoms with Crippen LogP contribution in [-0.4, -0.2) is 46.7 Å². The lowest BCUT2D eigenvalue weighted by atomic mass is 10.2. The molecule has 0 aliphatic heterocycles. The average Bonchev–Trinajstić information content (AvgIpc) is 3.07.